The molecule has 2 N–H and O–H groups in total. The molecular weight excluding hydrogens is 220 g/mol. The minimum atomic E-state index is 0.654. The molecule has 2 rings (SSSR count). The Hall–Kier alpha value is -0.0800. The molecule has 1 aliphatic carbocycles. The lowest BCUT2D eigenvalue weighted by atomic mass is 9.84. The molecule has 2 fully saturated rings. The molecule has 0 amide bonds. The van der Waals surface area contributed by atoms with Crippen molar-refractivity contribution in [1.29, 1.82) is 0 Å². The molecule has 0 bridgehead atoms. The van der Waals surface area contributed by atoms with Crippen LogP contribution in [0.1, 0.15) is 71.1 Å². The molecule has 1 saturated heterocycles. The monoisotopic (exact) mass is 252 g/mol. The first-order valence-corrected chi connectivity index (χ1v) is 8.27. The molecule has 2 aliphatic rings. The molecule has 0 aromatic heterocycles. The summed E-state index contributed by atoms with van der Waals surface area (Å²) in [6, 6.07) is 1.41. The molecule has 2 unspecified atom stereocenters. The molecule has 2 nitrogen and oxygen atoms in total. The Morgan fingerprint density at radius 3 is 2.39 bits per heavy atom. The molecule has 2 atom stereocenters. The van der Waals surface area contributed by atoms with E-state index in [9.17, 15) is 0 Å². The quantitative estimate of drug-likeness (QED) is 0.829. The summed E-state index contributed by atoms with van der Waals surface area (Å²) in [4.78, 5) is 2.74. The first-order chi connectivity index (χ1) is 8.81. The minimum Gasteiger partial charge on any atom is -0.329 e. The highest BCUT2D eigenvalue weighted by molar-refractivity contribution is 4.82. The molecule has 0 radical (unpaired) electrons. The van der Waals surface area contributed by atoms with E-state index in [2.05, 4.69) is 11.8 Å². The summed E-state index contributed by atoms with van der Waals surface area (Å²) in [6.07, 6.45) is 14.2. The highest BCUT2D eigenvalue weighted by Gasteiger charge is 2.26. The third-order valence-corrected chi connectivity index (χ3v) is 5.18. The molecule has 0 spiro atoms. The lowest BCUT2D eigenvalue weighted by Crippen LogP contribution is -2.46. The molecule has 0 aromatic carbocycles. The molecule has 106 valence electrons. The SMILES string of the molecule is CC1CCCCCN1C(CN)CC1CCCCC1. The zero-order valence-electron chi connectivity index (χ0n) is 12.2. The van der Waals surface area contributed by atoms with Crippen LogP contribution in [0.4, 0.5) is 0 Å². The van der Waals surface area contributed by atoms with Crippen LogP contribution in [0.25, 0.3) is 0 Å². The lowest BCUT2D eigenvalue weighted by Gasteiger charge is -2.37. The van der Waals surface area contributed by atoms with Gasteiger partial charge in [-0.05, 0) is 38.6 Å². The summed E-state index contributed by atoms with van der Waals surface area (Å²) < 4.78 is 0. The van der Waals surface area contributed by atoms with E-state index in [1.807, 2.05) is 0 Å². The van der Waals surface area contributed by atoms with Crippen molar-refractivity contribution in [3.63, 3.8) is 0 Å². The normalized spacial score (nSPS) is 30.0. The zero-order chi connectivity index (χ0) is 12.8. The van der Waals surface area contributed by atoms with Crippen molar-refractivity contribution < 1.29 is 0 Å². The summed E-state index contributed by atoms with van der Waals surface area (Å²) >= 11 is 0. The summed E-state index contributed by atoms with van der Waals surface area (Å²) in [5.41, 5.74) is 6.09. The van der Waals surface area contributed by atoms with Crippen molar-refractivity contribution >= 4 is 0 Å². The smallest absolute Gasteiger partial charge is 0.0223 e. The van der Waals surface area contributed by atoms with Crippen LogP contribution >= 0.6 is 0 Å². The standard InChI is InChI=1S/C16H32N2/c1-14-8-4-3-7-11-18(14)16(13-17)12-15-9-5-2-6-10-15/h14-16H,2-13,17H2,1H3. The fourth-order valence-electron chi connectivity index (χ4n) is 4.01. The first-order valence-electron chi connectivity index (χ1n) is 8.27. The van der Waals surface area contributed by atoms with Gasteiger partial charge < -0.3 is 5.73 Å². The van der Waals surface area contributed by atoms with E-state index in [0.717, 1.165) is 18.5 Å². The van der Waals surface area contributed by atoms with Gasteiger partial charge in [0.05, 0.1) is 0 Å². The Bertz CT molecular complexity index is 223. The van der Waals surface area contributed by atoms with Gasteiger partial charge in [0.15, 0.2) is 0 Å². The molecule has 1 saturated carbocycles. The van der Waals surface area contributed by atoms with Gasteiger partial charge in [-0.25, -0.2) is 0 Å². The number of nitrogens with two attached hydrogens (primary N) is 1. The highest BCUT2D eigenvalue weighted by atomic mass is 15.2. The van der Waals surface area contributed by atoms with E-state index in [-0.39, 0.29) is 0 Å². The molecule has 1 heterocycles. The summed E-state index contributed by atoms with van der Waals surface area (Å²) in [5, 5.41) is 0. The Morgan fingerprint density at radius 2 is 1.67 bits per heavy atom. The molecule has 1 aliphatic heterocycles. The van der Waals surface area contributed by atoms with Gasteiger partial charge in [0, 0.05) is 18.6 Å². The Morgan fingerprint density at radius 1 is 1.00 bits per heavy atom. The van der Waals surface area contributed by atoms with Gasteiger partial charge in [-0.2, -0.15) is 0 Å². The summed E-state index contributed by atoms with van der Waals surface area (Å²) in [7, 11) is 0. The summed E-state index contributed by atoms with van der Waals surface area (Å²) in [6.45, 7) is 4.56. The predicted octanol–water partition coefficient (Wildman–Crippen LogP) is 3.55. The average molecular weight is 252 g/mol. The number of likely N-dealkylation sites (tertiary alicyclic amines) is 1. The van der Waals surface area contributed by atoms with Crippen molar-refractivity contribution in [2.75, 3.05) is 13.1 Å². The van der Waals surface area contributed by atoms with E-state index in [0.29, 0.717) is 6.04 Å². The molecule has 2 heteroatoms. The van der Waals surface area contributed by atoms with Crippen molar-refractivity contribution in [2.24, 2.45) is 11.7 Å². The van der Waals surface area contributed by atoms with Gasteiger partial charge >= 0.3 is 0 Å². The van der Waals surface area contributed by atoms with Crippen molar-refractivity contribution in [3.8, 4) is 0 Å². The van der Waals surface area contributed by atoms with E-state index < -0.39 is 0 Å². The van der Waals surface area contributed by atoms with Crippen molar-refractivity contribution in [1.82, 2.24) is 4.90 Å². The van der Waals surface area contributed by atoms with Crippen LogP contribution in [0.15, 0.2) is 0 Å². The summed E-state index contributed by atoms with van der Waals surface area (Å²) in [5.74, 6) is 0.961. The fourth-order valence-corrected chi connectivity index (χ4v) is 4.01. The van der Waals surface area contributed by atoms with Gasteiger partial charge in [0.25, 0.3) is 0 Å². The number of nitrogens with zero attached hydrogens (tertiary/aromatic N) is 1. The Balaban J connectivity index is 1.88. The van der Waals surface area contributed by atoms with Crippen molar-refractivity contribution in [2.45, 2.75) is 83.2 Å². The van der Waals surface area contributed by atoms with E-state index >= 15 is 0 Å². The van der Waals surface area contributed by atoms with Crippen LogP contribution in [-0.2, 0) is 0 Å². The van der Waals surface area contributed by atoms with Gasteiger partial charge in [-0.3, -0.25) is 4.90 Å². The second kappa shape index (κ2) is 7.49. The van der Waals surface area contributed by atoms with Crippen LogP contribution < -0.4 is 5.73 Å². The zero-order valence-corrected chi connectivity index (χ0v) is 12.2. The molecule has 0 aromatic rings. The maximum atomic E-state index is 6.09. The first kappa shape index (κ1) is 14.3. The topological polar surface area (TPSA) is 29.3 Å². The Kier molecular flexibility index (Phi) is 5.97. The number of hydrogen-bond donors (Lipinski definition) is 1. The van der Waals surface area contributed by atoms with Gasteiger partial charge in [0.2, 0.25) is 0 Å². The van der Waals surface area contributed by atoms with E-state index in [1.165, 1.54) is 70.8 Å². The predicted molar refractivity (Wildman–Crippen MR) is 78.7 cm³/mol. The lowest BCUT2D eigenvalue weighted by molar-refractivity contribution is 0.121. The second-order valence-corrected chi connectivity index (χ2v) is 6.57. The van der Waals surface area contributed by atoms with E-state index in [4.69, 9.17) is 5.73 Å². The minimum absolute atomic E-state index is 0.654. The molecule has 18 heavy (non-hydrogen) atoms. The molecular formula is C16H32N2. The largest absolute Gasteiger partial charge is 0.329 e. The maximum absolute atomic E-state index is 6.09. The van der Waals surface area contributed by atoms with Crippen LogP contribution in [0.3, 0.4) is 0 Å². The number of hydrogen-bond acceptors (Lipinski definition) is 2. The third kappa shape index (κ3) is 3.96. The third-order valence-electron chi connectivity index (χ3n) is 5.18. The number of rotatable bonds is 4. The highest BCUT2D eigenvalue weighted by Crippen LogP contribution is 2.30. The Labute approximate surface area is 113 Å². The van der Waals surface area contributed by atoms with E-state index in [1.54, 1.807) is 0 Å². The van der Waals surface area contributed by atoms with Crippen LogP contribution in [0.2, 0.25) is 0 Å². The van der Waals surface area contributed by atoms with Crippen molar-refractivity contribution in [3.05, 3.63) is 0 Å². The average Bonchev–Trinajstić information content (AvgIpc) is 2.62. The van der Waals surface area contributed by atoms with Crippen LogP contribution in [0, 0.1) is 5.92 Å². The van der Waals surface area contributed by atoms with Crippen LogP contribution in [0.5, 0.6) is 0 Å². The second-order valence-electron chi connectivity index (χ2n) is 6.57. The fraction of sp³-hybridized carbons (Fsp3) is 1.00. The van der Waals surface area contributed by atoms with Crippen LogP contribution in [-0.4, -0.2) is 30.1 Å². The van der Waals surface area contributed by atoms with Gasteiger partial charge in [-0.15, -0.1) is 0 Å². The van der Waals surface area contributed by atoms with Gasteiger partial charge in [-0.1, -0.05) is 44.9 Å². The van der Waals surface area contributed by atoms with Gasteiger partial charge in [0.1, 0.15) is 0 Å². The maximum Gasteiger partial charge on any atom is 0.0223 e.